The smallest absolute Gasteiger partial charge is 0.339 e. The molecule has 0 spiro atoms. The summed E-state index contributed by atoms with van der Waals surface area (Å²) in [6.45, 7) is 3.67. The molecule has 0 N–H and O–H groups in total. The van der Waals surface area contributed by atoms with Crippen molar-refractivity contribution >= 4 is 21.9 Å². The van der Waals surface area contributed by atoms with Gasteiger partial charge in [0.15, 0.2) is 0 Å². The van der Waals surface area contributed by atoms with Crippen LogP contribution in [-0.2, 0) is 4.74 Å². The van der Waals surface area contributed by atoms with Crippen LogP contribution in [0.25, 0.3) is 11.1 Å². The van der Waals surface area contributed by atoms with Gasteiger partial charge in [0.05, 0.1) is 11.7 Å². The van der Waals surface area contributed by atoms with E-state index < -0.39 is 0 Å². The molecular formula is C16H15BrO2. The number of hydrogen-bond donors (Lipinski definition) is 0. The number of hydrogen-bond acceptors (Lipinski definition) is 2. The summed E-state index contributed by atoms with van der Waals surface area (Å²) in [6.07, 6.45) is -0.117. The first-order chi connectivity index (χ1) is 9.08. The fraction of sp³-hybridized carbons (Fsp3) is 0.188. The van der Waals surface area contributed by atoms with E-state index in [0.29, 0.717) is 5.56 Å². The maximum absolute atomic E-state index is 11.9. The third kappa shape index (κ3) is 3.44. The molecule has 0 aliphatic carbocycles. The van der Waals surface area contributed by atoms with Gasteiger partial charge in [-0.3, -0.25) is 0 Å². The highest BCUT2D eigenvalue weighted by Crippen LogP contribution is 2.26. The number of ether oxygens (including phenoxy) is 1. The van der Waals surface area contributed by atoms with Crippen molar-refractivity contribution in [1.82, 2.24) is 0 Å². The lowest BCUT2D eigenvalue weighted by atomic mass is 10.0. The zero-order valence-electron chi connectivity index (χ0n) is 10.9. The Hall–Kier alpha value is -1.61. The summed E-state index contributed by atoms with van der Waals surface area (Å²) < 4.78 is 5.94. The van der Waals surface area contributed by atoms with E-state index in [0.717, 1.165) is 15.6 Å². The van der Waals surface area contributed by atoms with Crippen LogP contribution in [0.2, 0.25) is 0 Å². The molecule has 0 aromatic heterocycles. The Bertz CT molecular complexity index is 577. The minimum atomic E-state index is -0.304. The minimum Gasteiger partial charge on any atom is -0.459 e. The first kappa shape index (κ1) is 13.8. The zero-order valence-corrected chi connectivity index (χ0v) is 12.5. The first-order valence-corrected chi connectivity index (χ1v) is 6.93. The third-order valence-electron chi connectivity index (χ3n) is 2.64. The first-order valence-electron chi connectivity index (χ1n) is 6.14. The Morgan fingerprint density at radius 2 is 1.74 bits per heavy atom. The number of carbonyl (C=O) groups excluding carboxylic acids is 1. The number of esters is 1. The van der Waals surface area contributed by atoms with Crippen LogP contribution in [0.4, 0.5) is 0 Å². The van der Waals surface area contributed by atoms with Gasteiger partial charge in [-0.1, -0.05) is 36.4 Å². The summed E-state index contributed by atoms with van der Waals surface area (Å²) in [5.74, 6) is -0.304. The average Bonchev–Trinajstić information content (AvgIpc) is 2.38. The predicted molar refractivity (Wildman–Crippen MR) is 80.1 cm³/mol. The highest BCUT2D eigenvalue weighted by molar-refractivity contribution is 9.10. The lowest BCUT2D eigenvalue weighted by Gasteiger charge is -2.10. The predicted octanol–water partition coefficient (Wildman–Crippen LogP) is 4.68. The molecule has 2 aromatic carbocycles. The van der Waals surface area contributed by atoms with E-state index in [2.05, 4.69) is 15.9 Å². The number of benzene rings is 2. The highest BCUT2D eigenvalue weighted by Gasteiger charge is 2.13. The molecule has 0 unspecified atom stereocenters. The Labute approximate surface area is 121 Å². The molecule has 2 aromatic rings. The van der Waals surface area contributed by atoms with E-state index in [1.54, 1.807) is 6.07 Å². The van der Waals surface area contributed by atoms with E-state index in [-0.39, 0.29) is 12.1 Å². The molecule has 0 heterocycles. The molecule has 0 aliphatic rings. The molecule has 0 saturated carbocycles. The zero-order chi connectivity index (χ0) is 13.8. The van der Waals surface area contributed by atoms with Crippen molar-refractivity contribution in [3.63, 3.8) is 0 Å². The van der Waals surface area contributed by atoms with Crippen molar-refractivity contribution in [2.24, 2.45) is 0 Å². The second kappa shape index (κ2) is 6.02. The van der Waals surface area contributed by atoms with Crippen LogP contribution in [0.5, 0.6) is 0 Å². The van der Waals surface area contributed by atoms with Gasteiger partial charge in [0, 0.05) is 4.47 Å². The molecule has 19 heavy (non-hydrogen) atoms. The van der Waals surface area contributed by atoms with E-state index in [9.17, 15) is 4.79 Å². The lowest BCUT2D eigenvalue weighted by Crippen LogP contribution is -2.12. The van der Waals surface area contributed by atoms with E-state index in [1.165, 1.54) is 0 Å². The number of rotatable bonds is 3. The van der Waals surface area contributed by atoms with Crippen molar-refractivity contribution in [2.75, 3.05) is 0 Å². The largest absolute Gasteiger partial charge is 0.459 e. The molecule has 0 aliphatic heterocycles. The molecule has 0 radical (unpaired) electrons. The van der Waals surface area contributed by atoms with Gasteiger partial charge in [-0.25, -0.2) is 4.79 Å². The van der Waals surface area contributed by atoms with Crippen LogP contribution >= 0.6 is 15.9 Å². The summed E-state index contributed by atoms with van der Waals surface area (Å²) >= 11 is 3.43. The summed E-state index contributed by atoms with van der Waals surface area (Å²) in [5.41, 5.74) is 2.73. The van der Waals surface area contributed by atoms with Gasteiger partial charge >= 0.3 is 5.97 Å². The summed E-state index contributed by atoms with van der Waals surface area (Å²) in [5, 5.41) is 0. The van der Waals surface area contributed by atoms with Crippen LogP contribution in [0.15, 0.2) is 53.0 Å². The van der Waals surface area contributed by atoms with Crippen molar-refractivity contribution in [2.45, 2.75) is 20.0 Å². The van der Waals surface area contributed by atoms with Crippen molar-refractivity contribution < 1.29 is 9.53 Å². The van der Waals surface area contributed by atoms with Crippen LogP contribution in [0, 0.1) is 0 Å². The Balaban J connectivity index is 2.30. The quantitative estimate of drug-likeness (QED) is 0.768. The van der Waals surface area contributed by atoms with Gasteiger partial charge in [-0.05, 0) is 53.0 Å². The van der Waals surface area contributed by atoms with Crippen LogP contribution < -0.4 is 0 Å². The van der Waals surface area contributed by atoms with Crippen molar-refractivity contribution in [3.8, 4) is 11.1 Å². The Morgan fingerprint density at radius 3 is 2.32 bits per heavy atom. The molecule has 2 rings (SSSR count). The van der Waals surface area contributed by atoms with E-state index in [1.807, 2.05) is 56.3 Å². The van der Waals surface area contributed by atoms with Gasteiger partial charge in [0.25, 0.3) is 0 Å². The normalized spacial score (nSPS) is 10.5. The third-order valence-corrected chi connectivity index (χ3v) is 3.29. The maximum atomic E-state index is 11.9. The molecule has 2 nitrogen and oxygen atoms in total. The molecule has 0 bridgehead atoms. The molecule has 0 fully saturated rings. The average molecular weight is 319 g/mol. The van der Waals surface area contributed by atoms with Gasteiger partial charge in [0.1, 0.15) is 0 Å². The van der Waals surface area contributed by atoms with Crippen LogP contribution in [0.1, 0.15) is 24.2 Å². The standard InChI is InChI=1S/C16H15BrO2/c1-11(2)19-16(18)14-9-8-13(10-15(14)17)12-6-4-3-5-7-12/h3-11H,1-2H3. The van der Waals surface area contributed by atoms with E-state index in [4.69, 9.17) is 4.74 Å². The maximum Gasteiger partial charge on any atom is 0.339 e. The summed E-state index contributed by atoms with van der Waals surface area (Å²) in [6, 6.07) is 15.7. The summed E-state index contributed by atoms with van der Waals surface area (Å²) in [7, 11) is 0. The highest BCUT2D eigenvalue weighted by atomic mass is 79.9. The molecule has 0 atom stereocenters. The van der Waals surface area contributed by atoms with Crippen LogP contribution in [0.3, 0.4) is 0 Å². The lowest BCUT2D eigenvalue weighted by molar-refractivity contribution is 0.0377. The minimum absolute atomic E-state index is 0.117. The van der Waals surface area contributed by atoms with Gasteiger partial charge in [-0.2, -0.15) is 0 Å². The van der Waals surface area contributed by atoms with Gasteiger partial charge < -0.3 is 4.74 Å². The molecular weight excluding hydrogens is 304 g/mol. The second-order valence-electron chi connectivity index (χ2n) is 4.51. The SMILES string of the molecule is CC(C)OC(=O)c1ccc(-c2ccccc2)cc1Br. The second-order valence-corrected chi connectivity index (χ2v) is 5.37. The monoisotopic (exact) mass is 318 g/mol. The number of carbonyl (C=O) groups is 1. The van der Waals surface area contributed by atoms with Crippen molar-refractivity contribution in [3.05, 3.63) is 58.6 Å². The Morgan fingerprint density at radius 1 is 1.05 bits per heavy atom. The Kier molecular flexibility index (Phi) is 4.38. The topological polar surface area (TPSA) is 26.3 Å². The fourth-order valence-electron chi connectivity index (χ4n) is 1.77. The van der Waals surface area contributed by atoms with Gasteiger partial charge in [0.2, 0.25) is 0 Å². The molecule has 0 saturated heterocycles. The van der Waals surface area contributed by atoms with Crippen molar-refractivity contribution in [1.29, 1.82) is 0 Å². The molecule has 3 heteroatoms. The summed E-state index contributed by atoms with van der Waals surface area (Å²) in [4.78, 5) is 11.9. The van der Waals surface area contributed by atoms with Gasteiger partial charge in [-0.15, -0.1) is 0 Å². The molecule has 0 amide bonds. The number of halogens is 1. The molecule has 98 valence electrons. The van der Waals surface area contributed by atoms with Crippen LogP contribution in [-0.4, -0.2) is 12.1 Å². The van der Waals surface area contributed by atoms with E-state index >= 15 is 0 Å². The fourth-order valence-corrected chi connectivity index (χ4v) is 2.31.